The Labute approximate surface area is 293 Å². The molecule has 3 aromatic rings. The van der Waals surface area contributed by atoms with Crippen LogP contribution >= 0.6 is 7.92 Å². The first-order valence-electron chi connectivity index (χ1n) is 15.4. The molecule has 10 heteroatoms. The van der Waals surface area contributed by atoms with E-state index in [4.69, 9.17) is 14.9 Å². The molecule has 3 rings (SSSR count). The third-order valence-corrected chi connectivity index (χ3v) is 12.1. The second kappa shape index (κ2) is 20.4. The van der Waals surface area contributed by atoms with Gasteiger partial charge < -0.3 is 25.3 Å². The Hall–Kier alpha value is -0.866. The predicted molar refractivity (Wildman–Crippen MR) is 204 cm³/mol. The van der Waals surface area contributed by atoms with Gasteiger partial charge in [0.15, 0.2) is 0 Å². The molecule has 44 heavy (non-hydrogen) atoms. The second-order valence-corrected chi connectivity index (χ2v) is 29.8. The molecule has 0 radical (unpaired) electrons. The van der Waals surface area contributed by atoms with Crippen molar-refractivity contribution in [2.24, 2.45) is 0 Å². The van der Waals surface area contributed by atoms with Crippen molar-refractivity contribution in [3.63, 3.8) is 0 Å². The van der Waals surface area contributed by atoms with Gasteiger partial charge in [0.2, 0.25) is 0 Å². The van der Waals surface area contributed by atoms with Crippen molar-refractivity contribution in [2.45, 2.75) is 58.9 Å². The normalized spacial score (nSPS) is 12.0. The van der Waals surface area contributed by atoms with Crippen molar-refractivity contribution in [1.82, 2.24) is 4.90 Å². The Balaban J connectivity index is 0.000000430. The Morgan fingerprint density at radius 1 is 0.545 bits per heavy atom. The Bertz CT molecular complexity index is 1100. The number of rotatable bonds is 16. The molecule has 0 amide bonds. The van der Waals surface area contributed by atoms with Crippen molar-refractivity contribution in [2.75, 3.05) is 39.3 Å². The molecule has 0 N–H and O–H groups in total. The summed E-state index contributed by atoms with van der Waals surface area (Å²) >= 11 is 0. The van der Waals surface area contributed by atoms with E-state index in [2.05, 4.69) is 88.1 Å². The van der Waals surface area contributed by atoms with Gasteiger partial charge in [-0.3, -0.25) is 0 Å². The summed E-state index contributed by atoms with van der Waals surface area (Å²) in [5.41, 5.74) is 1.33. The summed E-state index contributed by atoms with van der Waals surface area (Å²) < 4.78 is 0. The molecular weight excluding hydrogens is 685 g/mol. The van der Waals surface area contributed by atoms with E-state index in [9.17, 15) is 5.41 Å². The summed E-state index contributed by atoms with van der Waals surface area (Å²) in [4.78, 5) is 17.1. The maximum atomic E-state index is 10.8. The van der Waals surface area contributed by atoms with Crippen molar-refractivity contribution < 1.29 is 26.2 Å². The summed E-state index contributed by atoms with van der Waals surface area (Å²) in [6, 6.07) is 30.2. The molecule has 0 saturated carbocycles. The van der Waals surface area contributed by atoms with Crippen molar-refractivity contribution in [3.8, 4) is 0 Å². The molecular formula is C34H54N5PSi3Zr. The van der Waals surface area contributed by atoms with Crippen LogP contribution in [0.15, 0.2) is 91.0 Å². The molecule has 0 fully saturated rings. The monoisotopic (exact) mass is 737 g/mol. The third-order valence-electron chi connectivity index (χ3n) is 6.28. The van der Waals surface area contributed by atoms with Crippen LogP contribution in [0, 0.1) is 0 Å². The minimum absolute atomic E-state index is 0. The van der Waals surface area contributed by atoms with Gasteiger partial charge in [-0.2, -0.15) is 0 Å². The summed E-state index contributed by atoms with van der Waals surface area (Å²) in [5, 5.41) is 13.1. The third kappa shape index (κ3) is 18.3. The largest absolute Gasteiger partial charge is 4.00 e. The summed E-state index contributed by atoms with van der Waals surface area (Å²) in [5.74, 6) is 0. The van der Waals surface area contributed by atoms with Crippen molar-refractivity contribution in [1.29, 1.82) is 0 Å². The Morgan fingerprint density at radius 3 is 1.14 bits per heavy atom. The number of hydrogen-bond acceptors (Lipinski definition) is 1. The molecule has 0 heterocycles. The topological polar surface area (TPSA) is 67.8 Å². The van der Waals surface area contributed by atoms with E-state index in [1.54, 1.807) is 0 Å². The van der Waals surface area contributed by atoms with Gasteiger partial charge in [0.25, 0.3) is 0 Å². The fraction of sp³-hybridized carbons (Fsp3) is 0.441. The summed E-state index contributed by atoms with van der Waals surface area (Å²) in [6.45, 7) is 26.8. The van der Waals surface area contributed by atoms with Crippen molar-refractivity contribution in [3.05, 3.63) is 117 Å². The van der Waals surface area contributed by atoms with Gasteiger partial charge in [0.05, 0.1) is 0 Å². The standard InChI is InChI=1S/C19H15NP.C15H39N4Si3.Zr/c20-19(16-10-4-1-5-11-16)21(17-12-6-2-7-13-17)18-14-8-3-9-15-18;1-20(2,3)16-10-13-19(14-11-17-21(4,5)6)15-12-18-22(7,8)9;/h1-15H;10-15H2,1-9H3;/q-1;-3;+4. The summed E-state index contributed by atoms with van der Waals surface area (Å²) in [6.07, 6.45) is 0. The van der Waals surface area contributed by atoms with Crippen LogP contribution in [0.4, 0.5) is 0 Å². The fourth-order valence-corrected chi connectivity index (χ4v) is 8.63. The predicted octanol–water partition coefficient (Wildman–Crippen LogP) is 9.05. The number of hydrogen-bond donors (Lipinski definition) is 0. The number of nitrogens with zero attached hydrogens (tertiary/aromatic N) is 5. The molecule has 0 aliphatic heterocycles. The van der Waals surface area contributed by atoms with Gasteiger partial charge in [-0.15, -0.1) is 25.1 Å². The molecule has 3 aromatic carbocycles. The average molecular weight is 739 g/mol. The molecule has 0 atom stereocenters. The zero-order valence-electron chi connectivity index (χ0n) is 28.6. The van der Waals surface area contributed by atoms with Crippen LogP contribution in [0.1, 0.15) is 5.56 Å². The van der Waals surface area contributed by atoms with E-state index in [0.29, 0.717) is 5.45 Å². The van der Waals surface area contributed by atoms with E-state index < -0.39 is 32.6 Å². The molecule has 0 aliphatic rings. The zero-order valence-corrected chi connectivity index (χ0v) is 34.9. The first-order valence-corrected chi connectivity index (χ1v) is 27.1. The summed E-state index contributed by atoms with van der Waals surface area (Å²) in [7, 11) is -4.76. The molecule has 0 saturated heterocycles. The first-order chi connectivity index (χ1) is 20.1. The van der Waals surface area contributed by atoms with E-state index >= 15 is 0 Å². The van der Waals surface area contributed by atoms with Crippen LogP contribution in [0.25, 0.3) is 20.4 Å². The average Bonchev–Trinajstić information content (AvgIpc) is 2.93. The van der Waals surface area contributed by atoms with Crippen LogP contribution in [0.3, 0.4) is 0 Å². The molecule has 0 unspecified atom stereocenters. The SMILES string of the molecule is C[Si](C)(C)[N-]CCN(CC[N-][Si](C)(C)C)CC[N-][Si](C)(C)C.[N-]=C(c1ccccc1)P(c1ccccc1)c1ccccc1.[Zr+4]. The molecule has 5 nitrogen and oxygen atoms in total. The zero-order chi connectivity index (χ0) is 31.9. The Morgan fingerprint density at radius 2 is 0.841 bits per heavy atom. The van der Waals surface area contributed by atoms with Gasteiger partial charge in [-0.05, 0) is 43.7 Å². The first kappa shape index (κ1) is 41.2. The van der Waals surface area contributed by atoms with E-state index in [1.165, 1.54) is 0 Å². The van der Waals surface area contributed by atoms with E-state index in [-0.39, 0.29) is 26.2 Å². The Kier molecular flexibility index (Phi) is 19.1. The minimum atomic E-state index is -1.28. The maximum Gasteiger partial charge on any atom is 4.00 e. The smallest absolute Gasteiger partial charge is 0.802 e. The molecule has 0 bridgehead atoms. The van der Waals surface area contributed by atoms with Gasteiger partial charge in [0.1, 0.15) is 0 Å². The van der Waals surface area contributed by atoms with Crippen LogP contribution in [-0.2, 0) is 26.2 Å². The van der Waals surface area contributed by atoms with Gasteiger partial charge in [-0.1, -0.05) is 175 Å². The van der Waals surface area contributed by atoms with Crippen LogP contribution < -0.4 is 10.6 Å². The van der Waals surface area contributed by atoms with E-state index in [0.717, 1.165) is 55.4 Å². The molecule has 236 valence electrons. The molecule has 0 aromatic heterocycles. The minimum Gasteiger partial charge on any atom is -0.802 e. The van der Waals surface area contributed by atoms with Gasteiger partial charge >= 0.3 is 26.2 Å². The second-order valence-electron chi connectivity index (χ2n) is 13.7. The maximum absolute atomic E-state index is 10.8. The van der Waals surface area contributed by atoms with Crippen LogP contribution in [-0.4, -0.2) is 74.3 Å². The van der Waals surface area contributed by atoms with Crippen LogP contribution in [0.5, 0.6) is 0 Å². The van der Waals surface area contributed by atoms with Crippen LogP contribution in [0.2, 0.25) is 58.9 Å². The fourth-order valence-electron chi connectivity index (χ4n) is 4.18. The quantitative estimate of drug-likeness (QED) is 0.0822. The van der Waals surface area contributed by atoms with Gasteiger partial charge in [-0.25, -0.2) is 0 Å². The number of benzene rings is 3. The molecule has 0 aliphatic carbocycles. The van der Waals surface area contributed by atoms with Gasteiger partial charge in [0, 0.05) is 0 Å². The van der Waals surface area contributed by atoms with E-state index in [1.807, 2.05) is 66.7 Å². The van der Waals surface area contributed by atoms with Crippen molar-refractivity contribution >= 4 is 48.7 Å². The molecule has 0 spiro atoms.